The van der Waals surface area contributed by atoms with Gasteiger partial charge >= 0.3 is 0 Å². The number of nitrogens with two attached hydrogens (primary N) is 1. The Morgan fingerprint density at radius 2 is 1.70 bits per heavy atom. The summed E-state index contributed by atoms with van der Waals surface area (Å²) in [6, 6.07) is 0. The average molecular weight is 285 g/mol. The van der Waals surface area contributed by atoms with Gasteiger partial charge in [-0.2, -0.15) is 0 Å². The van der Waals surface area contributed by atoms with Crippen molar-refractivity contribution in [1.82, 2.24) is 10.6 Å². The summed E-state index contributed by atoms with van der Waals surface area (Å²) in [5.74, 6) is 0.993. The number of carbonyl (C=O) groups excluding carboxylic acids is 2. The molecule has 0 aromatic heterocycles. The first kappa shape index (κ1) is 18.9. The van der Waals surface area contributed by atoms with E-state index in [9.17, 15) is 9.59 Å². The summed E-state index contributed by atoms with van der Waals surface area (Å²) in [6.07, 6.45) is 3.77. The smallest absolute Gasteiger partial charge is 0.221 e. The van der Waals surface area contributed by atoms with Gasteiger partial charge in [0.25, 0.3) is 0 Å². The molecule has 0 heterocycles. The fourth-order valence-electron chi connectivity index (χ4n) is 1.93. The summed E-state index contributed by atoms with van der Waals surface area (Å²) in [6.45, 7) is 8.00. The van der Waals surface area contributed by atoms with Crippen molar-refractivity contribution in [2.75, 3.05) is 19.6 Å². The van der Waals surface area contributed by atoms with Crippen molar-refractivity contribution in [2.45, 2.75) is 52.9 Å². The van der Waals surface area contributed by atoms with Crippen molar-refractivity contribution in [3.63, 3.8) is 0 Å². The molecule has 0 fully saturated rings. The highest BCUT2D eigenvalue weighted by molar-refractivity contribution is 5.78. The molecule has 5 heteroatoms. The second-order valence-corrected chi connectivity index (χ2v) is 5.69. The van der Waals surface area contributed by atoms with Gasteiger partial charge in [-0.1, -0.05) is 27.2 Å². The van der Waals surface area contributed by atoms with E-state index in [4.69, 9.17) is 5.73 Å². The van der Waals surface area contributed by atoms with Crippen LogP contribution in [0.1, 0.15) is 52.9 Å². The fraction of sp³-hybridized carbons (Fsp3) is 0.867. The van der Waals surface area contributed by atoms with Crippen molar-refractivity contribution in [1.29, 1.82) is 0 Å². The summed E-state index contributed by atoms with van der Waals surface area (Å²) in [5.41, 5.74) is 5.53. The highest BCUT2D eigenvalue weighted by Crippen LogP contribution is 2.14. The lowest BCUT2D eigenvalue weighted by atomic mass is 9.96. The number of hydrogen-bond donors (Lipinski definition) is 3. The molecule has 0 radical (unpaired) electrons. The molecule has 4 N–H and O–H groups in total. The monoisotopic (exact) mass is 285 g/mol. The molecule has 1 atom stereocenters. The highest BCUT2D eigenvalue weighted by atomic mass is 16.2. The molecule has 0 aliphatic heterocycles. The summed E-state index contributed by atoms with van der Waals surface area (Å²) in [5, 5.41) is 5.62. The molecule has 2 amide bonds. The number of nitrogens with one attached hydrogen (secondary N) is 2. The molecule has 0 saturated heterocycles. The summed E-state index contributed by atoms with van der Waals surface area (Å²) < 4.78 is 0. The molecule has 0 saturated carbocycles. The van der Waals surface area contributed by atoms with Crippen LogP contribution in [0.2, 0.25) is 0 Å². The van der Waals surface area contributed by atoms with Crippen LogP contribution < -0.4 is 16.4 Å². The Morgan fingerprint density at radius 3 is 2.25 bits per heavy atom. The minimum Gasteiger partial charge on any atom is -0.356 e. The van der Waals surface area contributed by atoms with Gasteiger partial charge in [0.2, 0.25) is 11.8 Å². The van der Waals surface area contributed by atoms with E-state index >= 15 is 0 Å². The predicted molar refractivity (Wildman–Crippen MR) is 82.2 cm³/mol. The highest BCUT2D eigenvalue weighted by Gasteiger charge is 2.09. The van der Waals surface area contributed by atoms with Crippen LogP contribution in [-0.2, 0) is 9.59 Å². The van der Waals surface area contributed by atoms with E-state index in [2.05, 4.69) is 17.6 Å². The summed E-state index contributed by atoms with van der Waals surface area (Å²) >= 11 is 0. The van der Waals surface area contributed by atoms with Crippen molar-refractivity contribution in [2.24, 2.45) is 17.6 Å². The fourth-order valence-corrected chi connectivity index (χ4v) is 1.93. The maximum absolute atomic E-state index is 11.6. The van der Waals surface area contributed by atoms with Crippen LogP contribution in [0, 0.1) is 11.8 Å². The lowest BCUT2D eigenvalue weighted by Gasteiger charge is -2.13. The summed E-state index contributed by atoms with van der Waals surface area (Å²) in [7, 11) is 0. The van der Waals surface area contributed by atoms with Gasteiger partial charge in [-0.15, -0.1) is 0 Å². The standard InChI is InChI=1S/C15H31N3O2/c1-4-13(7-9-16)5-6-14(19)17-10-8-15(20)18-11-12(2)3/h12-13H,4-11,16H2,1-3H3,(H,17,19)(H,18,20). The quantitative estimate of drug-likeness (QED) is 0.537. The van der Waals surface area contributed by atoms with Gasteiger partial charge in [-0.25, -0.2) is 0 Å². The number of amides is 2. The minimum atomic E-state index is -0.00596. The Hall–Kier alpha value is -1.10. The Morgan fingerprint density at radius 1 is 1.05 bits per heavy atom. The molecular formula is C15H31N3O2. The van der Waals surface area contributed by atoms with Gasteiger partial charge in [0, 0.05) is 25.9 Å². The molecule has 0 rings (SSSR count). The average Bonchev–Trinajstić information content (AvgIpc) is 2.41. The van der Waals surface area contributed by atoms with Gasteiger partial charge < -0.3 is 16.4 Å². The lowest BCUT2D eigenvalue weighted by molar-refractivity contribution is -0.122. The molecule has 20 heavy (non-hydrogen) atoms. The number of rotatable bonds is 11. The maximum atomic E-state index is 11.6. The molecule has 0 bridgehead atoms. The molecular weight excluding hydrogens is 254 g/mol. The molecule has 5 nitrogen and oxygen atoms in total. The molecule has 0 aliphatic carbocycles. The third kappa shape index (κ3) is 10.8. The van der Waals surface area contributed by atoms with E-state index in [1.165, 1.54) is 0 Å². The molecule has 0 aromatic carbocycles. The SMILES string of the molecule is CCC(CCN)CCC(=O)NCCC(=O)NCC(C)C. The van der Waals surface area contributed by atoms with E-state index in [0.29, 0.717) is 44.3 Å². The number of hydrogen-bond acceptors (Lipinski definition) is 3. The molecule has 0 spiro atoms. The van der Waals surface area contributed by atoms with Gasteiger partial charge in [-0.3, -0.25) is 9.59 Å². The zero-order chi connectivity index (χ0) is 15.4. The Kier molecular flexibility index (Phi) is 11.1. The van der Waals surface area contributed by atoms with Gasteiger partial charge in [0.1, 0.15) is 0 Å². The second kappa shape index (κ2) is 11.7. The van der Waals surface area contributed by atoms with Crippen molar-refractivity contribution in [3.8, 4) is 0 Å². The lowest BCUT2D eigenvalue weighted by Crippen LogP contribution is -2.32. The minimum absolute atomic E-state index is 0.00596. The Balaban J connectivity index is 3.65. The van der Waals surface area contributed by atoms with E-state index in [1.807, 2.05) is 13.8 Å². The van der Waals surface area contributed by atoms with E-state index in [-0.39, 0.29) is 11.8 Å². The maximum Gasteiger partial charge on any atom is 0.221 e. The van der Waals surface area contributed by atoms with Crippen molar-refractivity contribution in [3.05, 3.63) is 0 Å². The van der Waals surface area contributed by atoms with Crippen LogP contribution in [0.25, 0.3) is 0 Å². The zero-order valence-electron chi connectivity index (χ0n) is 13.2. The first-order valence-electron chi connectivity index (χ1n) is 7.73. The Labute approximate surface area is 123 Å². The topological polar surface area (TPSA) is 84.2 Å². The first-order valence-corrected chi connectivity index (χ1v) is 7.73. The van der Waals surface area contributed by atoms with Crippen LogP contribution in [0.5, 0.6) is 0 Å². The third-order valence-corrected chi connectivity index (χ3v) is 3.31. The van der Waals surface area contributed by atoms with Crippen LogP contribution in [0.15, 0.2) is 0 Å². The zero-order valence-corrected chi connectivity index (χ0v) is 13.2. The van der Waals surface area contributed by atoms with Gasteiger partial charge in [-0.05, 0) is 31.2 Å². The van der Waals surface area contributed by atoms with Crippen molar-refractivity contribution < 1.29 is 9.59 Å². The van der Waals surface area contributed by atoms with Gasteiger partial charge in [0.15, 0.2) is 0 Å². The number of carbonyl (C=O) groups is 2. The third-order valence-electron chi connectivity index (χ3n) is 3.31. The van der Waals surface area contributed by atoms with Crippen LogP contribution in [-0.4, -0.2) is 31.4 Å². The van der Waals surface area contributed by atoms with Crippen LogP contribution >= 0.6 is 0 Å². The predicted octanol–water partition coefficient (Wildman–Crippen LogP) is 1.42. The molecule has 0 aliphatic rings. The largest absolute Gasteiger partial charge is 0.356 e. The normalized spacial score (nSPS) is 12.2. The second-order valence-electron chi connectivity index (χ2n) is 5.69. The molecule has 0 aromatic rings. The molecule has 1 unspecified atom stereocenters. The van der Waals surface area contributed by atoms with Crippen LogP contribution in [0.4, 0.5) is 0 Å². The van der Waals surface area contributed by atoms with E-state index < -0.39 is 0 Å². The first-order chi connectivity index (χ1) is 9.49. The summed E-state index contributed by atoms with van der Waals surface area (Å²) in [4.78, 5) is 23.1. The van der Waals surface area contributed by atoms with Gasteiger partial charge in [0.05, 0.1) is 0 Å². The van der Waals surface area contributed by atoms with E-state index in [1.54, 1.807) is 0 Å². The van der Waals surface area contributed by atoms with E-state index in [0.717, 1.165) is 19.3 Å². The van der Waals surface area contributed by atoms with Crippen molar-refractivity contribution >= 4 is 11.8 Å². The Bertz CT molecular complexity index is 280. The molecule has 118 valence electrons. The van der Waals surface area contributed by atoms with Crippen LogP contribution in [0.3, 0.4) is 0 Å².